The maximum atomic E-state index is 14.4. The minimum absolute atomic E-state index is 0.225. The van der Waals surface area contributed by atoms with Crippen LogP contribution < -0.4 is 0 Å². The number of aryl methyl sites for hydroxylation is 1. The number of hydrogen-bond donors (Lipinski definition) is 1. The first-order chi connectivity index (χ1) is 10.7. The van der Waals surface area contributed by atoms with Gasteiger partial charge in [0.15, 0.2) is 0 Å². The number of hydrogen-bond acceptors (Lipinski definition) is 1. The van der Waals surface area contributed by atoms with Crippen molar-refractivity contribution >= 4 is 6.21 Å². The molecule has 3 aromatic rings. The summed E-state index contributed by atoms with van der Waals surface area (Å²) in [5, 5.41) is 7.21. The molecular formula is C20H16FN. The zero-order valence-electron chi connectivity index (χ0n) is 12.3. The summed E-state index contributed by atoms with van der Waals surface area (Å²) < 4.78 is 14.4. The van der Waals surface area contributed by atoms with Crippen molar-refractivity contribution in [2.24, 2.45) is 0 Å². The lowest BCUT2D eigenvalue weighted by Crippen LogP contribution is -1.87. The highest BCUT2D eigenvalue weighted by Crippen LogP contribution is 2.28. The summed E-state index contributed by atoms with van der Waals surface area (Å²) in [5.74, 6) is -0.225. The first-order valence-corrected chi connectivity index (χ1v) is 7.15. The van der Waals surface area contributed by atoms with E-state index in [2.05, 4.69) is 0 Å². The quantitative estimate of drug-likeness (QED) is 0.619. The van der Waals surface area contributed by atoms with Gasteiger partial charge in [-0.15, -0.1) is 0 Å². The van der Waals surface area contributed by atoms with Gasteiger partial charge in [0.2, 0.25) is 0 Å². The minimum atomic E-state index is -0.225. The van der Waals surface area contributed by atoms with Crippen molar-refractivity contribution in [1.29, 1.82) is 5.41 Å². The van der Waals surface area contributed by atoms with E-state index < -0.39 is 0 Å². The molecule has 3 rings (SSSR count). The first kappa shape index (κ1) is 14.2. The monoisotopic (exact) mass is 289 g/mol. The Morgan fingerprint density at radius 2 is 1.36 bits per heavy atom. The maximum absolute atomic E-state index is 14.4. The molecule has 108 valence electrons. The van der Waals surface area contributed by atoms with Crippen LogP contribution in [0.25, 0.3) is 22.3 Å². The molecule has 0 bridgehead atoms. The van der Waals surface area contributed by atoms with Gasteiger partial charge in [0, 0.05) is 11.8 Å². The lowest BCUT2D eigenvalue weighted by Gasteiger charge is -2.08. The van der Waals surface area contributed by atoms with Crippen LogP contribution in [0.3, 0.4) is 0 Å². The van der Waals surface area contributed by atoms with Gasteiger partial charge in [-0.25, -0.2) is 4.39 Å². The Balaban J connectivity index is 1.97. The molecular weight excluding hydrogens is 273 g/mol. The van der Waals surface area contributed by atoms with Crippen molar-refractivity contribution in [3.05, 3.63) is 83.7 Å². The van der Waals surface area contributed by atoms with Gasteiger partial charge < -0.3 is 5.41 Å². The summed E-state index contributed by atoms with van der Waals surface area (Å²) in [5.41, 5.74) is 5.27. The van der Waals surface area contributed by atoms with Crippen LogP contribution in [0.1, 0.15) is 11.1 Å². The topological polar surface area (TPSA) is 23.9 Å². The molecule has 0 heterocycles. The van der Waals surface area contributed by atoms with Crippen molar-refractivity contribution in [2.45, 2.75) is 6.92 Å². The van der Waals surface area contributed by atoms with Crippen LogP contribution in [0.4, 0.5) is 4.39 Å². The second-order valence-corrected chi connectivity index (χ2v) is 5.33. The zero-order valence-corrected chi connectivity index (χ0v) is 12.3. The summed E-state index contributed by atoms with van der Waals surface area (Å²) in [4.78, 5) is 0. The number of rotatable bonds is 3. The Morgan fingerprint density at radius 1 is 0.773 bits per heavy atom. The van der Waals surface area contributed by atoms with Gasteiger partial charge in [0.25, 0.3) is 0 Å². The summed E-state index contributed by atoms with van der Waals surface area (Å²) >= 11 is 0. The molecule has 1 N–H and O–H groups in total. The highest BCUT2D eigenvalue weighted by atomic mass is 19.1. The van der Waals surface area contributed by atoms with Crippen LogP contribution in [0, 0.1) is 18.2 Å². The van der Waals surface area contributed by atoms with Crippen LogP contribution in [0.2, 0.25) is 0 Å². The fourth-order valence-electron chi connectivity index (χ4n) is 2.43. The molecule has 0 saturated heterocycles. The molecule has 0 atom stereocenters. The normalized spacial score (nSPS) is 10.5. The molecule has 0 saturated carbocycles. The van der Waals surface area contributed by atoms with Gasteiger partial charge in [0.1, 0.15) is 5.82 Å². The molecule has 1 nitrogen and oxygen atoms in total. The SMILES string of the molecule is Cc1ccc(-c2ccc(-c3ccc(C=N)cc3)cc2F)cc1. The summed E-state index contributed by atoms with van der Waals surface area (Å²) in [7, 11) is 0. The van der Waals surface area contributed by atoms with Gasteiger partial charge in [-0.2, -0.15) is 0 Å². The highest BCUT2D eigenvalue weighted by Gasteiger charge is 2.07. The van der Waals surface area contributed by atoms with Gasteiger partial charge >= 0.3 is 0 Å². The van der Waals surface area contributed by atoms with Gasteiger partial charge in [0.05, 0.1) is 0 Å². The molecule has 0 aliphatic carbocycles. The van der Waals surface area contributed by atoms with E-state index in [1.54, 1.807) is 6.07 Å². The van der Waals surface area contributed by atoms with E-state index in [0.717, 1.165) is 27.8 Å². The molecule has 0 amide bonds. The molecule has 0 unspecified atom stereocenters. The third-order valence-corrected chi connectivity index (χ3v) is 3.74. The van der Waals surface area contributed by atoms with Gasteiger partial charge in [-0.3, -0.25) is 0 Å². The van der Waals surface area contributed by atoms with E-state index in [1.165, 1.54) is 6.21 Å². The number of halogens is 1. The Hall–Kier alpha value is -2.74. The van der Waals surface area contributed by atoms with Gasteiger partial charge in [-0.1, -0.05) is 66.2 Å². The summed E-state index contributed by atoms with van der Waals surface area (Å²) in [6.07, 6.45) is 1.30. The van der Waals surface area contributed by atoms with Gasteiger partial charge in [-0.05, 0) is 35.2 Å². The van der Waals surface area contributed by atoms with Crippen LogP contribution >= 0.6 is 0 Å². The molecule has 0 spiro atoms. The fourth-order valence-corrected chi connectivity index (χ4v) is 2.43. The minimum Gasteiger partial charge on any atom is -0.308 e. The van der Waals surface area contributed by atoms with Crippen molar-refractivity contribution in [2.75, 3.05) is 0 Å². The van der Waals surface area contributed by atoms with Crippen LogP contribution in [-0.4, -0.2) is 6.21 Å². The number of benzene rings is 3. The maximum Gasteiger partial charge on any atom is 0.131 e. The molecule has 0 fully saturated rings. The Kier molecular flexibility index (Phi) is 3.84. The van der Waals surface area contributed by atoms with E-state index in [4.69, 9.17) is 5.41 Å². The van der Waals surface area contributed by atoms with E-state index in [1.807, 2.05) is 67.6 Å². The standard InChI is InChI=1S/C20H16FN/c1-14-2-6-17(7-3-14)19-11-10-18(12-20(19)21)16-8-4-15(13-22)5-9-16/h2-13,22H,1H3. The highest BCUT2D eigenvalue weighted by molar-refractivity contribution is 5.79. The van der Waals surface area contributed by atoms with Crippen LogP contribution in [0.15, 0.2) is 66.7 Å². The molecule has 0 radical (unpaired) electrons. The summed E-state index contributed by atoms with van der Waals surface area (Å²) in [6, 6.07) is 20.7. The Labute approximate surface area is 129 Å². The predicted molar refractivity (Wildman–Crippen MR) is 89.9 cm³/mol. The van der Waals surface area contributed by atoms with Crippen molar-refractivity contribution in [3.63, 3.8) is 0 Å². The molecule has 2 heteroatoms. The molecule has 0 aromatic heterocycles. The van der Waals surface area contributed by atoms with E-state index in [9.17, 15) is 4.39 Å². The fraction of sp³-hybridized carbons (Fsp3) is 0.0500. The molecule has 0 aliphatic rings. The van der Waals surface area contributed by atoms with Crippen LogP contribution in [0.5, 0.6) is 0 Å². The van der Waals surface area contributed by atoms with E-state index >= 15 is 0 Å². The molecule has 0 aliphatic heterocycles. The van der Waals surface area contributed by atoms with Crippen molar-refractivity contribution in [1.82, 2.24) is 0 Å². The third-order valence-electron chi connectivity index (χ3n) is 3.74. The second-order valence-electron chi connectivity index (χ2n) is 5.33. The molecule has 3 aromatic carbocycles. The average Bonchev–Trinajstić information content (AvgIpc) is 2.56. The summed E-state index contributed by atoms with van der Waals surface area (Å²) in [6.45, 7) is 2.02. The van der Waals surface area contributed by atoms with E-state index in [-0.39, 0.29) is 5.82 Å². The zero-order chi connectivity index (χ0) is 15.5. The largest absolute Gasteiger partial charge is 0.308 e. The Bertz CT molecular complexity index is 802. The lowest BCUT2D eigenvalue weighted by molar-refractivity contribution is 0.632. The smallest absolute Gasteiger partial charge is 0.131 e. The first-order valence-electron chi connectivity index (χ1n) is 7.15. The second kappa shape index (κ2) is 5.94. The van der Waals surface area contributed by atoms with E-state index in [0.29, 0.717) is 5.56 Å². The Morgan fingerprint density at radius 3 is 1.95 bits per heavy atom. The lowest BCUT2D eigenvalue weighted by atomic mass is 9.98. The third kappa shape index (κ3) is 2.82. The van der Waals surface area contributed by atoms with Crippen molar-refractivity contribution < 1.29 is 4.39 Å². The number of nitrogens with one attached hydrogen (secondary N) is 1. The van der Waals surface area contributed by atoms with Crippen molar-refractivity contribution in [3.8, 4) is 22.3 Å². The average molecular weight is 289 g/mol. The predicted octanol–water partition coefficient (Wildman–Crippen LogP) is 5.47. The van der Waals surface area contributed by atoms with Crippen LogP contribution in [-0.2, 0) is 0 Å². The molecule has 22 heavy (non-hydrogen) atoms.